The number of methoxy groups -OCH3 is 1. The van der Waals surface area contributed by atoms with E-state index >= 15 is 0 Å². The Balaban J connectivity index is 1.55. The summed E-state index contributed by atoms with van der Waals surface area (Å²) in [7, 11) is -3.00. The number of carbonyl (C=O) groups is 1. The predicted octanol–water partition coefficient (Wildman–Crippen LogP) is 0.309. The van der Waals surface area contributed by atoms with E-state index in [2.05, 4.69) is 14.8 Å². The minimum atomic E-state index is -4.18. The van der Waals surface area contributed by atoms with Crippen molar-refractivity contribution in [1.29, 1.82) is 0 Å². The highest BCUT2D eigenvalue weighted by atomic mass is 31.2. The second-order valence-electron chi connectivity index (χ2n) is 8.11. The fourth-order valence-corrected chi connectivity index (χ4v) is 5.48. The number of benzene rings is 1. The quantitative estimate of drug-likeness (QED) is 0.313. The minimum Gasteiger partial charge on any atom is -0.468 e. The Kier molecular flexibility index (Phi) is 7.27. The summed E-state index contributed by atoms with van der Waals surface area (Å²) in [6.07, 6.45) is -1.80. The SMILES string of the molecule is COC(=O)C(C)NP(=O)(OC[C@H]1O[C@@H](n2ccc(=O)[nH]c2=O)[C@@]2(CCO2)[C@@H]1O)Oc1ccccc1. The van der Waals surface area contributed by atoms with E-state index in [1.807, 2.05) is 0 Å². The molecule has 0 bridgehead atoms. The molecule has 4 rings (SSSR count). The Hall–Kier alpha value is -2.80. The molecule has 2 unspecified atom stereocenters. The molecule has 0 saturated carbocycles. The van der Waals surface area contributed by atoms with Crippen LogP contribution < -0.4 is 20.9 Å². The number of ether oxygens (including phenoxy) is 3. The molecule has 2 aliphatic rings. The van der Waals surface area contributed by atoms with Gasteiger partial charge in [-0.25, -0.2) is 9.36 Å². The van der Waals surface area contributed by atoms with Crippen molar-refractivity contribution >= 4 is 13.7 Å². The average Bonchev–Trinajstić information content (AvgIpc) is 3.10. The number of aromatic amines is 1. The van der Waals surface area contributed by atoms with Gasteiger partial charge in [-0.05, 0) is 19.1 Å². The van der Waals surface area contributed by atoms with E-state index < -0.39 is 61.7 Å². The van der Waals surface area contributed by atoms with E-state index in [0.29, 0.717) is 13.0 Å². The van der Waals surface area contributed by atoms with E-state index in [9.17, 15) is 24.1 Å². The highest BCUT2D eigenvalue weighted by Crippen LogP contribution is 2.50. The molecule has 2 saturated heterocycles. The van der Waals surface area contributed by atoms with Crippen LogP contribution in [0.3, 0.4) is 0 Å². The minimum absolute atomic E-state index is 0.213. The van der Waals surface area contributed by atoms with Gasteiger partial charge >= 0.3 is 19.4 Å². The lowest BCUT2D eigenvalue weighted by Gasteiger charge is -2.44. The van der Waals surface area contributed by atoms with Crippen molar-refractivity contribution in [3.63, 3.8) is 0 Å². The first-order chi connectivity index (χ1) is 16.7. The first-order valence-electron chi connectivity index (χ1n) is 10.8. The maximum atomic E-state index is 13.5. The first-order valence-corrected chi connectivity index (χ1v) is 12.4. The summed E-state index contributed by atoms with van der Waals surface area (Å²) in [6.45, 7) is 1.31. The first kappa shape index (κ1) is 25.3. The molecule has 2 fully saturated rings. The number of aliphatic hydroxyl groups is 1. The normalized spacial score (nSPS) is 28.1. The molecule has 1 aromatic heterocycles. The van der Waals surface area contributed by atoms with Crippen molar-refractivity contribution in [2.24, 2.45) is 0 Å². The molecule has 3 heterocycles. The molecule has 0 radical (unpaired) electrons. The number of nitrogens with one attached hydrogen (secondary N) is 2. The van der Waals surface area contributed by atoms with Crippen LogP contribution in [0, 0.1) is 0 Å². The van der Waals surface area contributed by atoms with Gasteiger partial charge in [-0.2, -0.15) is 5.09 Å². The van der Waals surface area contributed by atoms with E-state index in [1.54, 1.807) is 30.3 Å². The Morgan fingerprint density at radius 3 is 2.66 bits per heavy atom. The van der Waals surface area contributed by atoms with Crippen LogP contribution in [-0.2, 0) is 28.1 Å². The van der Waals surface area contributed by atoms with Gasteiger partial charge in [-0.1, -0.05) is 18.2 Å². The molecule has 2 aliphatic heterocycles. The Labute approximate surface area is 199 Å². The fraction of sp³-hybridized carbons (Fsp3) is 0.476. The van der Waals surface area contributed by atoms with Gasteiger partial charge in [-0.3, -0.25) is 23.7 Å². The molecule has 3 N–H and O–H groups in total. The molecular formula is C21H26N3O10P. The summed E-state index contributed by atoms with van der Waals surface area (Å²) in [5, 5.41) is 13.5. The zero-order valence-corrected chi connectivity index (χ0v) is 19.9. The van der Waals surface area contributed by atoms with E-state index in [1.165, 1.54) is 20.2 Å². The number of esters is 1. The maximum Gasteiger partial charge on any atom is 0.459 e. The standard InChI is InChI=1S/C21H26N3O10P/c1-13(18(27)30-2)23-35(29,34-14-6-4-3-5-7-14)32-12-15-17(26)21(9-11-31-21)19(33-15)24-10-8-16(25)22-20(24)28/h3-8,10,13,15,17,19,26H,9,11-12H2,1-2H3,(H,23,29)(H,22,25,28)/t13?,15-,17-,19-,21-,35?/m1/s1. The Morgan fingerprint density at radius 1 is 1.34 bits per heavy atom. The number of carbonyl (C=O) groups excluding carboxylic acids is 1. The zero-order valence-electron chi connectivity index (χ0n) is 19.0. The number of para-hydroxylation sites is 1. The fourth-order valence-electron chi connectivity index (χ4n) is 3.97. The lowest BCUT2D eigenvalue weighted by atomic mass is 9.86. The highest BCUT2D eigenvalue weighted by molar-refractivity contribution is 7.52. The summed E-state index contributed by atoms with van der Waals surface area (Å²) in [5.74, 6) is -0.480. The Bertz CT molecular complexity index is 1210. The predicted molar refractivity (Wildman–Crippen MR) is 120 cm³/mol. The van der Waals surface area contributed by atoms with Crippen molar-refractivity contribution in [2.45, 2.75) is 43.4 Å². The van der Waals surface area contributed by atoms with Crippen LogP contribution in [0.15, 0.2) is 52.2 Å². The number of nitrogens with zero attached hydrogens (tertiary/aromatic N) is 1. The molecule has 190 valence electrons. The average molecular weight is 511 g/mol. The van der Waals surface area contributed by atoms with Crippen LogP contribution in [0.5, 0.6) is 5.75 Å². The molecule has 1 aromatic carbocycles. The largest absolute Gasteiger partial charge is 0.468 e. The van der Waals surface area contributed by atoms with Crippen LogP contribution in [0.2, 0.25) is 0 Å². The molecule has 6 atom stereocenters. The third-order valence-electron chi connectivity index (χ3n) is 5.83. The number of aromatic nitrogens is 2. The second kappa shape index (κ2) is 10.1. The van der Waals surface area contributed by atoms with Crippen molar-refractivity contribution < 1.29 is 37.7 Å². The zero-order chi connectivity index (χ0) is 25.2. The molecule has 35 heavy (non-hydrogen) atoms. The van der Waals surface area contributed by atoms with Gasteiger partial charge in [0, 0.05) is 18.7 Å². The molecule has 14 heteroatoms. The van der Waals surface area contributed by atoms with Gasteiger partial charge in [0.2, 0.25) is 0 Å². The van der Waals surface area contributed by atoms with Gasteiger partial charge in [0.25, 0.3) is 5.56 Å². The molecular weight excluding hydrogens is 485 g/mol. The number of H-pyrrole nitrogens is 1. The third kappa shape index (κ3) is 5.10. The van der Waals surface area contributed by atoms with E-state index in [-0.39, 0.29) is 5.75 Å². The Morgan fingerprint density at radius 2 is 2.06 bits per heavy atom. The number of hydrogen-bond acceptors (Lipinski definition) is 10. The third-order valence-corrected chi connectivity index (χ3v) is 7.47. The summed E-state index contributed by atoms with van der Waals surface area (Å²) in [4.78, 5) is 37.8. The van der Waals surface area contributed by atoms with Gasteiger partial charge in [0.1, 0.15) is 29.6 Å². The van der Waals surface area contributed by atoms with Gasteiger partial charge in [0.05, 0.1) is 20.3 Å². The van der Waals surface area contributed by atoms with Crippen molar-refractivity contribution in [3.05, 3.63) is 63.4 Å². The van der Waals surface area contributed by atoms with Gasteiger partial charge in [-0.15, -0.1) is 0 Å². The van der Waals surface area contributed by atoms with Gasteiger partial charge in [0.15, 0.2) is 6.23 Å². The lowest BCUT2D eigenvalue weighted by molar-refractivity contribution is -0.227. The smallest absolute Gasteiger partial charge is 0.459 e. The monoisotopic (exact) mass is 511 g/mol. The maximum absolute atomic E-state index is 13.5. The van der Waals surface area contributed by atoms with Crippen LogP contribution in [0.1, 0.15) is 19.6 Å². The number of aliphatic hydroxyl groups excluding tert-OH is 1. The number of rotatable bonds is 9. The van der Waals surface area contributed by atoms with Crippen LogP contribution in [-0.4, -0.2) is 64.8 Å². The molecule has 2 aromatic rings. The summed E-state index contributed by atoms with van der Waals surface area (Å²) in [6, 6.07) is 8.28. The molecule has 1 spiro atoms. The van der Waals surface area contributed by atoms with Crippen molar-refractivity contribution in [3.8, 4) is 5.75 Å². The van der Waals surface area contributed by atoms with Crippen molar-refractivity contribution in [1.82, 2.24) is 14.6 Å². The van der Waals surface area contributed by atoms with E-state index in [0.717, 1.165) is 10.6 Å². The van der Waals surface area contributed by atoms with Gasteiger partial charge < -0.3 is 23.8 Å². The van der Waals surface area contributed by atoms with Crippen LogP contribution in [0.25, 0.3) is 0 Å². The number of hydrogen-bond donors (Lipinski definition) is 3. The molecule has 13 nitrogen and oxygen atoms in total. The second-order valence-corrected chi connectivity index (χ2v) is 9.81. The van der Waals surface area contributed by atoms with Crippen LogP contribution in [0.4, 0.5) is 0 Å². The molecule has 0 aliphatic carbocycles. The lowest BCUT2D eigenvalue weighted by Crippen LogP contribution is -2.57. The summed E-state index contributed by atoms with van der Waals surface area (Å²) < 4.78 is 42.0. The summed E-state index contributed by atoms with van der Waals surface area (Å²) >= 11 is 0. The topological polar surface area (TPSA) is 167 Å². The highest BCUT2D eigenvalue weighted by Gasteiger charge is 2.62. The van der Waals surface area contributed by atoms with Crippen LogP contribution >= 0.6 is 7.75 Å². The molecule has 0 amide bonds. The summed E-state index contributed by atoms with van der Waals surface area (Å²) in [5.41, 5.74) is -2.58. The van der Waals surface area contributed by atoms with Crippen molar-refractivity contribution in [2.75, 3.05) is 20.3 Å². The van der Waals surface area contributed by atoms with E-state index in [4.69, 9.17) is 18.5 Å².